The van der Waals surface area contributed by atoms with E-state index in [1.807, 2.05) is 0 Å². The number of H-pyrrole nitrogens is 1. The number of aliphatic hydroxyl groups is 1. The van der Waals surface area contributed by atoms with Gasteiger partial charge in [-0.05, 0) is 12.8 Å². The molecule has 1 saturated heterocycles. The highest BCUT2D eigenvalue weighted by atomic mass is 19.3. The van der Waals surface area contributed by atoms with E-state index in [4.69, 9.17) is 4.74 Å². The molecule has 0 aromatic carbocycles. The number of rotatable bonds is 4. The van der Waals surface area contributed by atoms with Crippen molar-refractivity contribution in [3.05, 3.63) is 18.2 Å². The van der Waals surface area contributed by atoms with Gasteiger partial charge in [-0.2, -0.15) is 8.78 Å². The van der Waals surface area contributed by atoms with Crippen molar-refractivity contribution in [3.8, 4) is 0 Å². The van der Waals surface area contributed by atoms with Gasteiger partial charge in [0.1, 0.15) is 11.4 Å². The predicted molar refractivity (Wildman–Crippen MR) is 81.4 cm³/mol. The number of aromatic amines is 1. The molecule has 3 rings (SSSR count). The number of carbonyl (C=O) groups excluding carboxylic acids is 1. The largest absolute Gasteiger partial charge is 0.383 e. The molecule has 2 heterocycles. The van der Waals surface area contributed by atoms with Crippen molar-refractivity contribution in [2.75, 3.05) is 13.7 Å². The predicted octanol–water partition coefficient (Wildman–Crippen LogP) is 2.03. The second-order valence-electron chi connectivity index (χ2n) is 6.71. The first kappa shape index (κ1) is 17.3. The molecule has 2 fully saturated rings. The standard InChI is InChI=1S/C16H23F2N3O3/c1-24-11-9-12(13-19-7-8-20-13)21(10-11)14(22)16(17,18)15(23)5-3-2-4-6-15/h7-8,11-12,23H,2-6,9-10H2,1H3,(H,19,20)/t11-,12+/m1/s1. The SMILES string of the molecule is CO[C@@H]1C[C@@H](c2ncc[nH]2)N(C(=O)C(F)(F)C2(O)CCCCC2)C1. The summed E-state index contributed by atoms with van der Waals surface area (Å²) >= 11 is 0. The summed E-state index contributed by atoms with van der Waals surface area (Å²) in [5.41, 5.74) is -2.26. The number of hydrogen-bond donors (Lipinski definition) is 2. The first-order valence-corrected chi connectivity index (χ1v) is 8.32. The molecule has 6 nitrogen and oxygen atoms in total. The van der Waals surface area contributed by atoms with Gasteiger partial charge in [-0.25, -0.2) is 4.98 Å². The third kappa shape index (κ3) is 2.82. The molecule has 134 valence electrons. The molecule has 0 radical (unpaired) electrons. The van der Waals surface area contributed by atoms with E-state index in [-0.39, 0.29) is 25.5 Å². The zero-order valence-electron chi connectivity index (χ0n) is 13.7. The number of alkyl halides is 2. The Morgan fingerprint density at radius 3 is 2.75 bits per heavy atom. The summed E-state index contributed by atoms with van der Waals surface area (Å²) in [5, 5.41) is 10.4. The smallest absolute Gasteiger partial charge is 0.352 e. The monoisotopic (exact) mass is 343 g/mol. The molecule has 1 aromatic rings. The second kappa shape index (κ2) is 6.40. The maximum absolute atomic E-state index is 14.9. The van der Waals surface area contributed by atoms with Gasteiger partial charge in [0.05, 0.1) is 12.1 Å². The number of imidazole rings is 1. The maximum Gasteiger partial charge on any atom is 0.352 e. The summed E-state index contributed by atoms with van der Waals surface area (Å²) in [5.74, 6) is -4.71. The van der Waals surface area contributed by atoms with Crippen molar-refractivity contribution < 1.29 is 23.4 Å². The Labute approximate surface area is 139 Å². The van der Waals surface area contributed by atoms with Crippen LogP contribution in [0.3, 0.4) is 0 Å². The van der Waals surface area contributed by atoms with Crippen LogP contribution in [0.15, 0.2) is 12.4 Å². The average molecular weight is 343 g/mol. The van der Waals surface area contributed by atoms with Crippen LogP contribution in [0.4, 0.5) is 8.78 Å². The third-order valence-electron chi connectivity index (χ3n) is 5.23. The van der Waals surface area contributed by atoms with Crippen LogP contribution in [0.25, 0.3) is 0 Å². The Kier molecular flexibility index (Phi) is 4.61. The molecule has 8 heteroatoms. The van der Waals surface area contributed by atoms with Crippen LogP contribution in [-0.4, -0.2) is 57.2 Å². The van der Waals surface area contributed by atoms with Gasteiger partial charge in [-0.1, -0.05) is 19.3 Å². The van der Waals surface area contributed by atoms with E-state index in [0.29, 0.717) is 25.1 Å². The molecule has 1 aliphatic carbocycles. The molecule has 1 aromatic heterocycles. The van der Waals surface area contributed by atoms with Crippen molar-refractivity contribution in [1.29, 1.82) is 0 Å². The summed E-state index contributed by atoms with van der Waals surface area (Å²) in [6, 6.07) is -0.601. The minimum Gasteiger partial charge on any atom is -0.383 e. The number of amides is 1. The molecule has 1 saturated carbocycles. The number of aromatic nitrogens is 2. The van der Waals surface area contributed by atoms with Crippen LogP contribution < -0.4 is 0 Å². The molecule has 0 unspecified atom stereocenters. The summed E-state index contributed by atoms with van der Waals surface area (Å²) < 4.78 is 35.0. The number of likely N-dealkylation sites (tertiary alicyclic amines) is 1. The average Bonchev–Trinajstić information content (AvgIpc) is 3.23. The molecular weight excluding hydrogens is 320 g/mol. The number of nitrogens with zero attached hydrogens (tertiary/aromatic N) is 2. The van der Waals surface area contributed by atoms with Crippen LogP contribution in [0.1, 0.15) is 50.4 Å². The van der Waals surface area contributed by atoms with Gasteiger partial charge in [-0.15, -0.1) is 0 Å². The van der Waals surface area contributed by atoms with Gasteiger partial charge in [0.2, 0.25) is 0 Å². The quantitative estimate of drug-likeness (QED) is 0.877. The minimum absolute atomic E-state index is 0.0568. The highest BCUT2D eigenvalue weighted by Gasteiger charge is 2.61. The van der Waals surface area contributed by atoms with Crippen LogP contribution >= 0.6 is 0 Å². The summed E-state index contributed by atoms with van der Waals surface area (Å²) in [4.78, 5) is 20.7. The minimum atomic E-state index is -3.82. The fourth-order valence-electron chi connectivity index (χ4n) is 3.74. The van der Waals surface area contributed by atoms with Crippen LogP contribution in [0.2, 0.25) is 0 Å². The van der Waals surface area contributed by atoms with Crippen LogP contribution in [-0.2, 0) is 9.53 Å². The molecule has 2 aliphatic rings. The Morgan fingerprint density at radius 1 is 1.46 bits per heavy atom. The normalized spacial score (nSPS) is 27.4. The lowest BCUT2D eigenvalue weighted by molar-refractivity contribution is -0.211. The third-order valence-corrected chi connectivity index (χ3v) is 5.23. The first-order chi connectivity index (χ1) is 11.4. The summed E-state index contributed by atoms with van der Waals surface area (Å²) in [6.45, 7) is 0.0619. The van der Waals surface area contributed by atoms with E-state index in [0.717, 1.165) is 11.3 Å². The highest BCUT2D eigenvalue weighted by Crippen LogP contribution is 2.44. The van der Waals surface area contributed by atoms with Crippen molar-refractivity contribution >= 4 is 5.91 Å². The van der Waals surface area contributed by atoms with Crippen LogP contribution in [0, 0.1) is 0 Å². The van der Waals surface area contributed by atoms with Crippen molar-refractivity contribution in [2.45, 2.75) is 62.2 Å². The van der Waals surface area contributed by atoms with Gasteiger partial charge in [0, 0.05) is 32.5 Å². The zero-order chi connectivity index (χ0) is 17.4. The number of halogens is 2. The van der Waals surface area contributed by atoms with Gasteiger partial charge >= 0.3 is 5.92 Å². The van der Waals surface area contributed by atoms with Crippen molar-refractivity contribution in [1.82, 2.24) is 14.9 Å². The molecule has 2 atom stereocenters. The molecule has 1 amide bonds. The Morgan fingerprint density at radius 2 is 2.17 bits per heavy atom. The van der Waals surface area contributed by atoms with Crippen molar-refractivity contribution in [3.63, 3.8) is 0 Å². The molecule has 1 aliphatic heterocycles. The molecule has 2 N–H and O–H groups in total. The Hall–Kier alpha value is -1.54. The lowest BCUT2D eigenvalue weighted by atomic mass is 9.79. The van der Waals surface area contributed by atoms with E-state index >= 15 is 0 Å². The van der Waals surface area contributed by atoms with Crippen molar-refractivity contribution in [2.24, 2.45) is 0 Å². The highest BCUT2D eigenvalue weighted by molar-refractivity contribution is 5.85. The fraction of sp³-hybridized carbons (Fsp3) is 0.750. The van der Waals surface area contributed by atoms with E-state index in [9.17, 15) is 18.7 Å². The molecule has 24 heavy (non-hydrogen) atoms. The van der Waals surface area contributed by atoms with E-state index in [1.54, 1.807) is 6.20 Å². The first-order valence-electron chi connectivity index (χ1n) is 8.32. The number of nitrogens with one attached hydrogen (secondary N) is 1. The number of carbonyl (C=O) groups is 1. The fourth-order valence-corrected chi connectivity index (χ4v) is 3.74. The van der Waals surface area contributed by atoms with Gasteiger partial charge in [0.15, 0.2) is 0 Å². The lowest BCUT2D eigenvalue weighted by Gasteiger charge is -2.40. The zero-order valence-corrected chi connectivity index (χ0v) is 13.7. The van der Waals surface area contributed by atoms with E-state index in [2.05, 4.69) is 9.97 Å². The maximum atomic E-state index is 14.9. The van der Waals surface area contributed by atoms with Gasteiger partial charge in [-0.3, -0.25) is 4.79 Å². The summed E-state index contributed by atoms with van der Waals surface area (Å²) in [7, 11) is 1.49. The second-order valence-corrected chi connectivity index (χ2v) is 6.71. The molecule has 0 spiro atoms. The number of hydrogen-bond acceptors (Lipinski definition) is 4. The van der Waals surface area contributed by atoms with E-state index in [1.165, 1.54) is 13.3 Å². The lowest BCUT2D eigenvalue weighted by Crippen LogP contribution is -2.58. The van der Waals surface area contributed by atoms with Gasteiger partial charge in [0.25, 0.3) is 5.91 Å². The molecular formula is C16H23F2N3O3. The Bertz CT molecular complexity index is 573. The Balaban J connectivity index is 1.86. The number of ether oxygens (including phenoxy) is 1. The molecule has 0 bridgehead atoms. The number of methoxy groups -OCH3 is 1. The topological polar surface area (TPSA) is 78.5 Å². The van der Waals surface area contributed by atoms with Gasteiger partial charge < -0.3 is 19.7 Å². The van der Waals surface area contributed by atoms with E-state index < -0.39 is 23.5 Å². The van der Waals surface area contributed by atoms with Crippen LogP contribution in [0.5, 0.6) is 0 Å². The summed E-state index contributed by atoms with van der Waals surface area (Å²) in [6.07, 6.45) is 4.86.